The number of ether oxygens (including phenoxy) is 3. The minimum atomic E-state index is -0.139. The monoisotopic (exact) mass is 355 g/mol. The summed E-state index contributed by atoms with van der Waals surface area (Å²) in [6, 6.07) is 13.5. The second kappa shape index (κ2) is 8.13. The maximum absolute atomic E-state index is 12.4. The number of rotatable bonds is 8. The summed E-state index contributed by atoms with van der Waals surface area (Å²) in [6.45, 7) is 1.94. The van der Waals surface area contributed by atoms with E-state index >= 15 is 0 Å². The van der Waals surface area contributed by atoms with Crippen LogP contribution < -0.4 is 19.5 Å². The van der Waals surface area contributed by atoms with Gasteiger partial charge in [-0.15, -0.1) is 0 Å². The fraction of sp³-hybridized carbons (Fsp3) is 0.381. The lowest BCUT2D eigenvalue weighted by atomic mass is 10.0. The zero-order valence-corrected chi connectivity index (χ0v) is 15.5. The average molecular weight is 355 g/mol. The number of hydrogen-bond acceptors (Lipinski definition) is 4. The Morgan fingerprint density at radius 2 is 1.81 bits per heavy atom. The van der Waals surface area contributed by atoms with Gasteiger partial charge in [-0.2, -0.15) is 0 Å². The van der Waals surface area contributed by atoms with Crippen LogP contribution in [-0.4, -0.2) is 26.7 Å². The first-order chi connectivity index (χ1) is 12.6. The van der Waals surface area contributed by atoms with Gasteiger partial charge in [0, 0.05) is 0 Å². The molecule has 0 heterocycles. The van der Waals surface area contributed by atoms with Crippen molar-refractivity contribution in [2.24, 2.45) is 5.92 Å². The molecule has 3 rings (SSSR count). The molecular formula is C21H25NO4. The maximum Gasteiger partial charge on any atom is 0.258 e. The molecular weight excluding hydrogens is 330 g/mol. The van der Waals surface area contributed by atoms with Gasteiger partial charge in [0.1, 0.15) is 5.75 Å². The van der Waals surface area contributed by atoms with Gasteiger partial charge in [-0.3, -0.25) is 4.79 Å². The van der Waals surface area contributed by atoms with Gasteiger partial charge >= 0.3 is 0 Å². The van der Waals surface area contributed by atoms with Crippen LogP contribution in [0.2, 0.25) is 0 Å². The highest BCUT2D eigenvalue weighted by molar-refractivity contribution is 5.78. The Morgan fingerprint density at radius 1 is 1.08 bits per heavy atom. The number of carbonyl (C=O) groups excluding carboxylic acids is 1. The summed E-state index contributed by atoms with van der Waals surface area (Å²) in [5, 5.41) is 3.11. The molecule has 0 bridgehead atoms. The highest BCUT2D eigenvalue weighted by atomic mass is 16.5. The lowest BCUT2D eigenvalue weighted by Crippen LogP contribution is -2.33. The Labute approximate surface area is 154 Å². The average Bonchev–Trinajstić information content (AvgIpc) is 3.50. The number of aryl methyl sites for hydroxylation is 1. The summed E-state index contributed by atoms with van der Waals surface area (Å²) >= 11 is 0. The van der Waals surface area contributed by atoms with Gasteiger partial charge in [0.2, 0.25) is 0 Å². The number of benzene rings is 2. The molecule has 5 heteroatoms. The topological polar surface area (TPSA) is 56.8 Å². The zero-order valence-electron chi connectivity index (χ0n) is 15.5. The third-order valence-corrected chi connectivity index (χ3v) is 4.56. The molecule has 1 saturated carbocycles. The van der Waals surface area contributed by atoms with E-state index in [1.165, 1.54) is 0 Å². The number of methoxy groups -OCH3 is 2. The van der Waals surface area contributed by atoms with Crippen LogP contribution >= 0.6 is 0 Å². The predicted molar refractivity (Wildman–Crippen MR) is 99.8 cm³/mol. The largest absolute Gasteiger partial charge is 0.497 e. The fourth-order valence-corrected chi connectivity index (χ4v) is 2.97. The summed E-state index contributed by atoms with van der Waals surface area (Å²) in [4.78, 5) is 12.4. The minimum absolute atomic E-state index is 0.0110. The molecule has 0 saturated heterocycles. The van der Waals surface area contributed by atoms with Gasteiger partial charge in [0.15, 0.2) is 18.1 Å². The van der Waals surface area contributed by atoms with Gasteiger partial charge < -0.3 is 19.5 Å². The van der Waals surface area contributed by atoms with Crippen LogP contribution in [0.25, 0.3) is 0 Å². The van der Waals surface area contributed by atoms with Crippen LogP contribution in [-0.2, 0) is 4.79 Å². The molecule has 1 aliphatic carbocycles. The van der Waals surface area contributed by atoms with Gasteiger partial charge in [-0.25, -0.2) is 0 Å². The number of carbonyl (C=O) groups is 1. The molecule has 1 amide bonds. The highest BCUT2D eigenvalue weighted by Gasteiger charge is 2.33. The van der Waals surface area contributed by atoms with Crippen molar-refractivity contribution in [3.8, 4) is 17.2 Å². The van der Waals surface area contributed by atoms with Crippen LogP contribution in [0.5, 0.6) is 17.2 Å². The Kier molecular flexibility index (Phi) is 5.66. The minimum Gasteiger partial charge on any atom is -0.497 e. The molecule has 2 aromatic rings. The van der Waals surface area contributed by atoms with Crippen molar-refractivity contribution in [1.29, 1.82) is 0 Å². The fourth-order valence-electron chi connectivity index (χ4n) is 2.97. The zero-order chi connectivity index (χ0) is 18.5. The summed E-state index contributed by atoms with van der Waals surface area (Å²) in [7, 11) is 3.24. The van der Waals surface area contributed by atoms with E-state index in [2.05, 4.69) is 5.32 Å². The quantitative estimate of drug-likeness (QED) is 0.785. The van der Waals surface area contributed by atoms with Crippen molar-refractivity contribution in [3.05, 3.63) is 53.6 Å². The summed E-state index contributed by atoms with van der Waals surface area (Å²) in [6.07, 6.45) is 2.26. The molecule has 0 radical (unpaired) electrons. The first-order valence-corrected chi connectivity index (χ1v) is 8.81. The molecule has 1 atom stereocenters. The standard InChI is InChI=1S/C21H25NO4/c1-14-4-11-18(19(12-14)25-3)26-13-20(23)22-21(15-5-6-15)16-7-9-17(24-2)10-8-16/h4,7-12,15,21H,5-6,13H2,1-3H3,(H,22,23). The molecule has 2 aromatic carbocycles. The third-order valence-electron chi connectivity index (χ3n) is 4.56. The van der Waals surface area contributed by atoms with Crippen LogP contribution in [0.4, 0.5) is 0 Å². The molecule has 0 aromatic heterocycles. The number of nitrogens with one attached hydrogen (secondary N) is 1. The number of amides is 1. The van der Waals surface area contributed by atoms with E-state index in [4.69, 9.17) is 14.2 Å². The highest BCUT2D eigenvalue weighted by Crippen LogP contribution is 2.41. The Bertz CT molecular complexity index is 753. The first kappa shape index (κ1) is 18.1. The first-order valence-electron chi connectivity index (χ1n) is 8.81. The van der Waals surface area contributed by atoms with Gasteiger partial charge in [-0.05, 0) is 61.1 Å². The molecule has 0 spiro atoms. The molecule has 0 aliphatic heterocycles. The molecule has 1 fully saturated rings. The van der Waals surface area contributed by atoms with E-state index < -0.39 is 0 Å². The Hall–Kier alpha value is -2.69. The number of hydrogen-bond donors (Lipinski definition) is 1. The third kappa shape index (κ3) is 4.48. The predicted octanol–water partition coefficient (Wildman–Crippen LogP) is 3.66. The summed E-state index contributed by atoms with van der Waals surface area (Å²) in [5.74, 6) is 2.36. The Morgan fingerprint density at radius 3 is 2.42 bits per heavy atom. The van der Waals surface area contributed by atoms with E-state index in [1.54, 1.807) is 14.2 Å². The van der Waals surface area contributed by atoms with E-state index in [0.717, 1.165) is 29.7 Å². The van der Waals surface area contributed by atoms with Crippen LogP contribution in [0.15, 0.2) is 42.5 Å². The van der Waals surface area contributed by atoms with Crippen molar-refractivity contribution < 1.29 is 19.0 Å². The van der Waals surface area contributed by atoms with Crippen molar-refractivity contribution >= 4 is 5.91 Å². The summed E-state index contributed by atoms with van der Waals surface area (Å²) < 4.78 is 16.2. The van der Waals surface area contributed by atoms with Crippen LogP contribution in [0, 0.1) is 12.8 Å². The molecule has 138 valence electrons. The van der Waals surface area contributed by atoms with Gasteiger partial charge in [0.25, 0.3) is 5.91 Å². The van der Waals surface area contributed by atoms with Crippen molar-refractivity contribution in [1.82, 2.24) is 5.32 Å². The smallest absolute Gasteiger partial charge is 0.258 e. The second-order valence-corrected chi connectivity index (χ2v) is 6.60. The SMILES string of the molecule is COc1ccc(C(NC(=O)COc2ccc(C)cc2OC)C2CC2)cc1. The van der Waals surface area contributed by atoms with E-state index in [1.807, 2.05) is 49.4 Å². The van der Waals surface area contributed by atoms with Crippen molar-refractivity contribution in [3.63, 3.8) is 0 Å². The van der Waals surface area contributed by atoms with E-state index in [9.17, 15) is 4.79 Å². The van der Waals surface area contributed by atoms with Crippen molar-refractivity contribution in [2.75, 3.05) is 20.8 Å². The van der Waals surface area contributed by atoms with Crippen molar-refractivity contribution in [2.45, 2.75) is 25.8 Å². The normalized spacial score (nSPS) is 14.4. The molecule has 1 N–H and O–H groups in total. The summed E-state index contributed by atoms with van der Waals surface area (Å²) in [5.41, 5.74) is 2.17. The van der Waals surface area contributed by atoms with Gasteiger partial charge in [-0.1, -0.05) is 18.2 Å². The maximum atomic E-state index is 12.4. The molecule has 26 heavy (non-hydrogen) atoms. The van der Waals surface area contributed by atoms with Gasteiger partial charge in [0.05, 0.1) is 20.3 Å². The second-order valence-electron chi connectivity index (χ2n) is 6.60. The Balaban J connectivity index is 1.62. The van der Waals surface area contributed by atoms with E-state index in [0.29, 0.717) is 17.4 Å². The van der Waals surface area contributed by atoms with E-state index in [-0.39, 0.29) is 18.6 Å². The van der Waals surface area contributed by atoms with Crippen LogP contribution in [0.1, 0.15) is 30.0 Å². The lowest BCUT2D eigenvalue weighted by Gasteiger charge is -2.19. The lowest BCUT2D eigenvalue weighted by molar-refractivity contribution is -0.124. The van der Waals surface area contributed by atoms with Crippen LogP contribution in [0.3, 0.4) is 0 Å². The molecule has 5 nitrogen and oxygen atoms in total. The molecule has 1 unspecified atom stereocenters. The molecule has 1 aliphatic rings.